The highest BCUT2D eigenvalue weighted by Gasteiger charge is 2.11. The smallest absolute Gasteiger partial charge is 0.255 e. The molecular weight excluding hydrogens is 400 g/mol. The zero-order chi connectivity index (χ0) is 22.5. The quantitative estimate of drug-likeness (QED) is 0.439. The van der Waals surface area contributed by atoms with Gasteiger partial charge in [0.15, 0.2) is 0 Å². The first-order valence-electron chi connectivity index (χ1n) is 10.4. The Balaban J connectivity index is 1.45. The van der Waals surface area contributed by atoms with Gasteiger partial charge in [-0.25, -0.2) is 0 Å². The van der Waals surface area contributed by atoms with Crippen LogP contribution in [0.5, 0.6) is 5.75 Å². The molecule has 0 atom stereocenters. The van der Waals surface area contributed by atoms with Crippen molar-refractivity contribution in [2.45, 2.75) is 13.5 Å². The Morgan fingerprint density at radius 2 is 1.53 bits per heavy atom. The number of nitrogens with one attached hydrogen (secondary N) is 2. The number of fused-ring (bicyclic) bond motifs is 1. The van der Waals surface area contributed by atoms with Crippen molar-refractivity contribution in [3.8, 4) is 5.75 Å². The number of hydrogen-bond acceptors (Lipinski definition) is 3. The van der Waals surface area contributed by atoms with Crippen LogP contribution in [-0.4, -0.2) is 18.9 Å². The first-order valence-corrected chi connectivity index (χ1v) is 10.4. The largest absolute Gasteiger partial charge is 0.497 e. The number of hydrogen-bond donors (Lipinski definition) is 2. The maximum atomic E-state index is 12.7. The summed E-state index contributed by atoms with van der Waals surface area (Å²) in [7, 11) is 1.65. The lowest BCUT2D eigenvalue weighted by molar-refractivity contribution is 0.0949. The number of ether oxygens (including phenoxy) is 1. The fourth-order valence-electron chi connectivity index (χ4n) is 3.48. The van der Waals surface area contributed by atoms with Crippen LogP contribution in [0, 0.1) is 6.92 Å². The van der Waals surface area contributed by atoms with Crippen molar-refractivity contribution < 1.29 is 14.3 Å². The van der Waals surface area contributed by atoms with Gasteiger partial charge in [-0.3, -0.25) is 9.59 Å². The second kappa shape index (κ2) is 9.35. The van der Waals surface area contributed by atoms with E-state index >= 15 is 0 Å². The summed E-state index contributed by atoms with van der Waals surface area (Å²) in [6, 6.07) is 26.2. The molecule has 0 unspecified atom stereocenters. The molecule has 2 amide bonds. The van der Waals surface area contributed by atoms with E-state index in [1.165, 1.54) is 0 Å². The zero-order valence-electron chi connectivity index (χ0n) is 18.0. The van der Waals surface area contributed by atoms with Gasteiger partial charge >= 0.3 is 0 Å². The summed E-state index contributed by atoms with van der Waals surface area (Å²) >= 11 is 0. The molecule has 32 heavy (non-hydrogen) atoms. The molecule has 0 aromatic heterocycles. The molecule has 2 N–H and O–H groups in total. The Morgan fingerprint density at radius 3 is 2.31 bits per heavy atom. The second-order valence-corrected chi connectivity index (χ2v) is 7.58. The molecule has 4 aromatic carbocycles. The highest BCUT2D eigenvalue weighted by atomic mass is 16.5. The minimum Gasteiger partial charge on any atom is -0.497 e. The molecule has 0 bridgehead atoms. The van der Waals surface area contributed by atoms with Gasteiger partial charge in [-0.05, 0) is 71.3 Å². The van der Waals surface area contributed by atoms with Gasteiger partial charge < -0.3 is 15.4 Å². The van der Waals surface area contributed by atoms with E-state index in [1.807, 2.05) is 61.5 Å². The molecule has 0 spiro atoms. The molecule has 0 saturated heterocycles. The highest BCUT2D eigenvalue weighted by Crippen LogP contribution is 2.22. The Morgan fingerprint density at radius 1 is 0.781 bits per heavy atom. The molecule has 0 aliphatic rings. The minimum atomic E-state index is -0.209. The second-order valence-electron chi connectivity index (χ2n) is 7.58. The Bertz CT molecular complexity index is 1280. The molecule has 4 rings (SSSR count). The predicted octanol–water partition coefficient (Wildman–Crippen LogP) is 5.34. The van der Waals surface area contributed by atoms with Gasteiger partial charge in [-0.15, -0.1) is 0 Å². The van der Waals surface area contributed by atoms with Crippen LogP contribution in [0.1, 0.15) is 31.8 Å². The van der Waals surface area contributed by atoms with Gasteiger partial charge in [0.1, 0.15) is 5.75 Å². The van der Waals surface area contributed by atoms with Crippen LogP contribution in [-0.2, 0) is 6.54 Å². The van der Waals surface area contributed by atoms with E-state index in [2.05, 4.69) is 16.7 Å². The van der Waals surface area contributed by atoms with Crippen LogP contribution < -0.4 is 15.4 Å². The van der Waals surface area contributed by atoms with Gasteiger partial charge in [-0.2, -0.15) is 0 Å². The number of aryl methyl sites for hydroxylation is 1. The predicted molar refractivity (Wildman–Crippen MR) is 127 cm³/mol. The van der Waals surface area contributed by atoms with E-state index < -0.39 is 0 Å². The summed E-state index contributed by atoms with van der Waals surface area (Å²) in [6.07, 6.45) is 0. The van der Waals surface area contributed by atoms with Crippen LogP contribution in [0.2, 0.25) is 0 Å². The third kappa shape index (κ3) is 4.78. The molecule has 5 nitrogen and oxygen atoms in total. The minimum absolute atomic E-state index is 0.199. The molecule has 0 aliphatic heterocycles. The van der Waals surface area contributed by atoms with Crippen LogP contribution >= 0.6 is 0 Å². The first-order chi connectivity index (χ1) is 15.5. The maximum absolute atomic E-state index is 12.7. The number of amides is 2. The fraction of sp³-hybridized carbons (Fsp3) is 0.111. The lowest BCUT2D eigenvalue weighted by Crippen LogP contribution is -2.23. The number of rotatable bonds is 6. The van der Waals surface area contributed by atoms with Crippen LogP contribution in [0.3, 0.4) is 0 Å². The maximum Gasteiger partial charge on any atom is 0.255 e. The van der Waals surface area contributed by atoms with E-state index in [9.17, 15) is 9.59 Å². The van der Waals surface area contributed by atoms with Crippen LogP contribution in [0.25, 0.3) is 10.8 Å². The number of methoxy groups -OCH3 is 1. The average Bonchev–Trinajstić information content (AvgIpc) is 2.83. The molecule has 5 heteroatoms. The molecule has 0 heterocycles. The topological polar surface area (TPSA) is 67.4 Å². The first kappa shape index (κ1) is 21.1. The van der Waals surface area contributed by atoms with Crippen molar-refractivity contribution in [2.24, 2.45) is 0 Å². The van der Waals surface area contributed by atoms with Gasteiger partial charge in [-0.1, -0.05) is 42.5 Å². The molecule has 0 saturated carbocycles. The lowest BCUT2D eigenvalue weighted by atomic mass is 10.1. The van der Waals surface area contributed by atoms with Crippen LogP contribution in [0.15, 0.2) is 84.9 Å². The third-order valence-corrected chi connectivity index (χ3v) is 5.35. The van der Waals surface area contributed by atoms with E-state index in [0.29, 0.717) is 23.4 Å². The van der Waals surface area contributed by atoms with Crippen molar-refractivity contribution in [3.05, 3.63) is 107 Å². The summed E-state index contributed by atoms with van der Waals surface area (Å²) in [5.74, 6) is 0.405. The third-order valence-electron chi connectivity index (χ3n) is 5.35. The highest BCUT2D eigenvalue weighted by molar-refractivity contribution is 6.05. The van der Waals surface area contributed by atoms with Gasteiger partial charge in [0.2, 0.25) is 0 Å². The van der Waals surface area contributed by atoms with Crippen molar-refractivity contribution >= 4 is 28.3 Å². The average molecular weight is 425 g/mol. The van der Waals surface area contributed by atoms with Crippen molar-refractivity contribution in [3.63, 3.8) is 0 Å². The number of carbonyl (C=O) groups is 2. The van der Waals surface area contributed by atoms with Gasteiger partial charge in [0.25, 0.3) is 11.8 Å². The van der Waals surface area contributed by atoms with Crippen LogP contribution in [0.4, 0.5) is 5.69 Å². The monoisotopic (exact) mass is 424 g/mol. The van der Waals surface area contributed by atoms with Gasteiger partial charge in [0, 0.05) is 23.4 Å². The molecular formula is C27H24N2O3. The van der Waals surface area contributed by atoms with Gasteiger partial charge in [0.05, 0.1) is 7.11 Å². The van der Waals surface area contributed by atoms with Crippen molar-refractivity contribution in [1.82, 2.24) is 5.32 Å². The SMILES string of the molecule is COc1ccc2cc(CNC(=O)c3ccc(C)c(NC(=O)c4ccccc4)c3)ccc2c1. The number of anilines is 1. The lowest BCUT2D eigenvalue weighted by Gasteiger charge is -2.12. The summed E-state index contributed by atoms with van der Waals surface area (Å²) in [5, 5.41) is 8.02. The molecule has 160 valence electrons. The molecule has 0 aliphatic carbocycles. The Kier molecular flexibility index (Phi) is 6.17. The standard InChI is InChI=1S/C27H24N2O3/c1-18-8-10-23(16-25(18)29-27(31)20-6-4-3-5-7-20)26(30)28-17-19-9-11-22-15-24(32-2)13-12-21(22)14-19/h3-16H,17H2,1-2H3,(H,28,30)(H,29,31). The van der Waals surface area contributed by atoms with E-state index in [-0.39, 0.29) is 11.8 Å². The summed E-state index contributed by atoms with van der Waals surface area (Å²) in [5.41, 5.74) is 3.56. The molecule has 0 fully saturated rings. The normalized spacial score (nSPS) is 10.6. The summed E-state index contributed by atoms with van der Waals surface area (Å²) in [6.45, 7) is 2.30. The summed E-state index contributed by atoms with van der Waals surface area (Å²) in [4.78, 5) is 25.2. The zero-order valence-corrected chi connectivity index (χ0v) is 18.0. The van der Waals surface area contributed by atoms with E-state index in [1.54, 1.807) is 31.4 Å². The summed E-state index contributed by atoms with van der Waals surface area (Å²) < 4.78 is 5.26. The Hall–Kier alpha value is -4.12. The number of benzene rings is 4. The number of carbonyl (C=O) groups excluding carboxylic acids is 2. The molecule has 0 radical (unpaired) electrons. The van der Waals surface area contributed by atoms with Crippen molar-refractivity contribution in [1.29, 1.82) is 0 Å². The Labute approximate surface area is 187 Å². The van der Waals surface area contributed by atoms with E-state index in [0.717, 1.165) is 27.6 Å². The molecule has 4 aromatic rings. The fourth-order valence-corrected chi connectivity index (χ4v) is 3.48. The van der Waals surface area contributed by atoms with E-state index in [4.69, 9.17) is 4.74 Å². The van der Waals surface area contributed by atoms with Crippen molar-refractivity contribution in [2.75, 3.05) is 12.4 Å².